The van der Waals surface area contributed by atoms with Crippen molar-refractivity contribution in [1.29, 1.82) is 0 Å². The van der Waals surface area contributed by atoms with E-state index in [-0.39, 0.29) is 18.3 Å². The van der Waals surface area contributed by atoms with E-state index < -0.39 is 28.9 Å². The lowest BCUT2D eigenvalue weighted by Crippen LogP contribution is -2.60. The van der Waals surface area contributed by atoms with E-state index in [1.807, 2.05) is 0 Å². The summed E-state index contributed by atoms with van der Waals surface area (Å²) >= 11 is 0. The summed E-state index contributed by atoms with van der Waals surface area (Å²) in [5.74, 6) is -0.913. The van der Waals surface area contributed by atoms with Crippen LogP contribution in [0.1, 0.15) is 38.5 Å². The molecule has 112 valence electrons. The maximum Gasteiger partial charge on any atom is 0.422 e. The first-order valence-corrected chi connectivity index (χ1v) is 6.83. The summed E-state index contributed by atoms with van der Waals surface area (Å²) in [7, 11) is 0. The van der Waals surface area contributed by atoms with Crippen LogP contribution >= 0.6 is 0 Å². The number of carbonyl (C=O) groups is 1. The number of carbonyl (C=O) groups excluding carboxylic acids is 1. The van der Waals surface area contributed by atoms with Gasteiger partial charge in [-0.05, 0) is 43.9 Å². The summed E-state index contributed by atoms with van der Waals surface area (Å²) < 4.78 is 42.6. The van der Waals surface area contributed by atoms with Crippen molar-refractivity contribution >= 4 is 5.97 Å². The van der Waals surface area contributed by atoms with Gasteiger partial charge in [-0.3, -0.25) is 0 Å². The van der Waals surface area contributed by atoms with Crippen LogP contribution in [0.4, 0.5) is 13.2 Å². The van der Waals surface area contributed by atoms with Crippen LogP contribution in [-0.2, 0) is 9.53 Å². The molecular formula is C14H17F3O3. The van der Waals surface area contributed by atoms with Crippen LogP contribution in [0.15, 0.2) is 12.2 Å². The number of halogens is 3. The number of esters is 1. The molecule has 0 amide bonds. The molecule has 0 spiro atoms. The summed E-state index contributed by atoms with van der Waals surface area (Å²) in [6.07, 6.45) is -1.08. The van der Waals surface area contributed by atoms with E-state index >= 15 is 0 Å². The third-order valence-electron chi connectivity index (χ3n) is 4.87. The molecule has 0 aromatic rings. The zero-order valence-corrected chi connectivity index (χ0v) is 11.0. The molecule has 0 radical (unpaired) electrons. The Labute approximate surface area is 114 Å². The molecule has 4 rings (SSSR count). The lowest BCUT2D eigenvalue weighted by molar-refractivity contribution is -0.220. The molecule has 6 heteroatoms. The molecule has 2 unspecified atom stereocenters. The monoisotopic (exact) mass is 290 g/mol. The zero-order chi connectivity index (χ0) is 14.8. The van der Waals surface area contributed by atoms with E-state index in [2.05, 4.69) is 6.58 Å². The number of ether oxygens (including phenoxy) is 1. The third kappa shape index (κ3) is 2.24. The largest absolute Gasteiger partial charge is 0.455 e. The smallest absolute Gasteiger partial charge is 0.422 e. The summed E-state index contributed by atoms with van der Waals surface area (Å²) in [6, 6.07) is 0. The molecule has 4 fully saturated rings. The van der Waals surface area contributed by atoms with E-state index in [0.29, 0.717) is 25.7 Å². The quantitative estimate of drug-likeness (QED) is 0.628. The number of alkyl halides is 3. The molecule has 4 aliphatic rings. The predicted octanol–water partition coefficient (Wildman–Crippen LogP) is 2.73. The first-order valence-electron chi connectivity index (χ1n) is 6.83. The second kappa shape index (κ2) is 4.00. The van der Waals surface area contributed by atoms with Gasteiger partial charge in [0.15, 0.2) is 0 Å². The van der Waals surface area contributed by atoms with Crippen molar-refractivity contribution in [3.05, 3.63) is 12.2 Å². The maximum atomic E-state index is 12.5. The first-order chi connectivity index (χ1) is 9.11. The molecule has 0 heterocycles. The molecule has 0 aromatic carbocycles. The van der Waals surface area contributed by atoms with Crippen molar-refractivity contribution in [3.8, 4) is 0 Å². The number of aliphatic hydroxyl groups is 1. The van der Waals surface area contributed by atoms with Gasteiger partial charge in [0.25, 0.3) is 0 Å². The second-order valence-electron chi connectivity index (χ2n) is 6.73. The topological polar surface area (TPSA) is 46.5 Å². The van der Waals surface area contributed by atoms with Gasteiger partial charge in [-0.25, -0.2) is 4.79 Å². The Morgan fingerprint density at radius 2 is 1.75 bits per heavy atom. The first kappa shape index (κ1) is 13.9. The Kier molecular flexibility index (Phi) is 2.78. The van der Waals surface area contributed by atoms with Crippen LogP contribution in [0.2, 0.25) is 0 Å². The Morgan fingerprint density at radius 3 is 2.20 bits per heavy atom. The Morgan fingerprint density at radius 1 is 1.20 bits per heavy atom. The SMILES string of the molecule is C=C(C(=O)OC12CC3CC(CC(O)(C3)C1)C2)C(F)(F)F. The molecule has 20 heavy (non-hydrogen) atoms. The van der Waals surface area contributed by atoms with Crippen LogP contribution < -0.4 is 0 Å². The van der Waals surface area contributed by atoms with Crippen molar-refractivity contribution in [2.24, 2.45) is 11.8 Å². The molecule has 2 atom stereocenters. The van der Waals surface area contributed by atoms with Gasteiger partial charge in [0, 0.05) is 6.42 Å². The average Bonchev–Trinajstić information content (AvgIpc) is 2.22. The Balaban J connectivity index is 1.77. The maximum absolute atomic E-state index is 12.5. The normalized spacial score (nSPS) is 42.6. The Bertz CT molecular complexity index is 455. The van der Waals surface area contributed by atoms with Crippen LogP contribution in [-0.4, -0.2) is 28.5 Å². The van der Waals surface area contributed by atoms with E-state index in [0.717, 1.165) is 6.42 Å². The van der Waals surface area contributed by atoms with Gasteiger partial charge < -0.3 is 9.84 Å². The zero-order valence-electron chi connectivity index (χ0n) is 11.0. The summed E-state index contributed by atoms with van der Waals surface area (Å²) in [5.41, 5.74) is -3.27. The van der Waals surface area contributed by atoms with Crippen LogP contribution in [0.5, 0.6) is 0 Å². The fourth-order valence-electron chi connectivity index (χ4n) is 4.62. The summed E-state index contributed by atoms with van der Waals surface area (Å²) in [6.45, 7) is 2.78. The standard InChI is InChI=1S/C14H17F3O3/c1-8(14(15,16)17)11(18)20-13-5-9-2-10(6-13)4-12(19,3-9)7-13/h9-10,19H,1-7H2. The minimum Gasteiger partial charge on any atom is -0.455 e. The van der Waals surface area contributed by atoms with Crippen molar-refractivity contribution in [3.63, 3.8) is 0 Å². The average molecular weight is 290 g/mol. The summed E-state index contributed by atoms with van der Waals surface area (Å²) in [5, 5.41) is 10.4. The molecule has 4 aliphatic carbocycles. The van der Waals surface area contributed by atoms with Crippen molar-refractivity contribution in [1.82, 2.24) is 0 Å². The number of hydrogen-bond acceptors (Lipinski definition) is 3. The van der Waals surface area contributed by atoms with Crippen LogP contribution in [0.3, 0.4) is 0 Å². The number of hydrogen-bond donors (Lipinski definition) is 1. The molecule has 0 aliphatic heterocycles. The van der Waals surface area contributed by atoms with Crippen molar-refractivity contribution in [2.75, 3.05) is 0 Å². The van der Waals surface area contributed by atoms with Gasteiger partial charge in [0.1, 0.15) is 11.2 Å². The van der Waals surface area contributed by atoms with Gasteiger partial charge in [-0.15, -0.1) is 0 Å². The molecule has 0 saturated heterocycles. The highest BCUT2D eigenvalue weighted by atomic mass is 19.4. The fraction of sp³-hybridized carbons (Fsp3) is 0.786. The van der Waals surface area contributed by atoms with E-state index in [9.17, 15) is 23.1 Å². The van der Waals surface area contributed by atoms with Crippen molar-refractivity contribution < 1.29 is 27.8 Å². The van der Waals surface area contributed by atoms with E-state index in [1.165, 1.54) is 0 Å². The van der Waals surface area contributed by atoms with Gasteiger partial charge in [0.05, 0.1) is 5.60 Å². The van der Waals surface area contributed by atoms with Gasteiger partial charge in [-0.2, -0.15) is 13.2 Å². The van der Waals surface area contributed by atoms with E-state index in [4.69, 9.17) is 4.74 Å². The van der Waals surface area contributed by atoms with Gasteiger partial charge in [0.2, 0.25) is 0 Å². The minimum atomic E-state index is -4.77. The lowest BCUT2D eigenvalue weighted by atomic mass is 9.52. The molecule has 3 nitrogen and oxygen atoms in total. The van der Waals surface area contributed by atoms with Crippen LogP contribution in [0.25, 0.3) is 0 Å². The number of rotatable bonds is 2. The fourth-order valence-corrected chi connectivity index (χ4v) is 4.62. The van der Waals surface area contributed by atoms with Gasteiger partial charge in [-0.1, -0.05) is 6.58 Å². The second-order valence-corrected chi connectivity index (χ2v) is 6.73. The highest BCUT2D eigenvalue weighted by Crippen LogP contribution is 2.59. The third-order valence-corrected chi connectivity index (χ3v) is 4.87. The molecule has 4 saturated carbocycles. The molecule has 4 bridgehead atoms. The molecule has 0 aromatic heterocycles. The highest BCUT2D eigenvalue weighted by molar-refractivity contribution is 5.89. The van der Waals surface area contributed by atoms with Crippen molar-refractivity contribution in [2.45, 2.75) is 55.9 Å². The Hall–Kier alpha value is -1.04. The van der Waals surface area contributed by atoms with Gasteiger partial charge >= 0.3 is 12.1 Å². The summed E-state index contributed by atoms with van der Waals surface area (Å²) in [4.78, 5) is 11.7. The predicted molar refractivity (Wildman–Crippen MR) is 63.6 cm³/mol. The molecular weight excluding hydrogens is 273 g/mol. The molecule has 1 N–H and O–H groups in total. The van der Waals surface area contributed by atoms with Crippen LogP contribution in [0, 0.1) is 11.8 Å². The van der Waals surface area contributed by atoms with E-state index in [1.54, 1.807) is 0 Å². The lowest BCUT2D eigenvalue weighted by Gasteiger charge is -2.59. The minimum absolute atomic E-state index is 0.244. The highest BCUT2D eigenvalue weighted by Gasteiger charge is 2.59.